The molecule has 1 aromatic rings. The molecule has 2 heterocycles. The van der Waals surface area contributed by atoms with Crippen LogP contribution in [0.1, 0.15) is 50.7 Å². The van der Waals surface area contributed by atoms with Crippen LogP contribution in [0.2, 0.25) is 0 Å². The molecule has 1 aliphatic heterocycles. The third kappa shape index (κ3) is 4.01. The van der Waals surface area contributed by atoms with Crippen LogP contribution in [-0.2, 0) is 16.8 Å². The summed E-state index contributed by atoms with van der Waals surface area (Å²) in [5, 5.41) is 9.50. The molecule has 0 saturated carbocycles. The molecule has 0 aromatic carbocycles. The van der Waals surface area contributed by atoms with Crippen LogP contribution >= 0.6 is 11.3 Å². The average molecular weight is 281 g/mol. The Bertz CT molecular complexity index is 436. The quantitative estimate of drug-likeness (QED) is 0.893. The molecule has 5 heteroatoms. The lowest BCUT2D eigenvalue weighted by molar-refractivity contribution is -0.122. The fourth-order valence-corrected chi connectivity index (χ4v) is 3.00. The van der Waals surface area contributed by atoms with Gasteiger partial charge in [-0.05, 0) is 19.3 Å². The molecule has 19 heavy (non-hydrogen) atoms. The minimum Gasteiger partial charge on any atom is -0.355 e. The zero-order valence-corrected chi connectivity index (χ0v) is 12.8. The molecule has 1 atom stereocenters. The molecule has 4 nitrogen and oxygen atoms in total. The van der Waals surface area contributed by atoms with E-state index in [4.69, 9.17) is 0 Å². The standard InChI is InChI=1S/C14H23N3OS/c1-14(2,3)13-17-10(9-19-13)8-16-11-6-4-5-7-15-12(11)18/h9,11,16H,4-8H2,1-3H3,(H,15,18). The highest BCUT2D eigenvalue weighted by Gasteiger charge is 2.21. The molecule has 0 bridgehead atoms. The normalized spacial score (nSPS) is 21.0. The van der Waals surface area contributed by atoms with Crippen LogP contribution in [0.15, 0.2) is 5.38 Å². The molecule has 0 radical (unpaired) electrons. The van der Waals surface area contributed by atoms with Crippen molar-refractivity contribution in [1.82, 2.24) is 15.6 Å². The van der Waals surface area contributed by atoms with E-state index in [9.17, 15) is 4.79 Å². The van der Waals surface area contributed by atoms with Gasteiger partial charge in [-0.3, -0.25) is 4.79 Å². The van der Waals surface area contributed by atoms with E-state index in [1.807, 2.05) is 0 Å². The van der Waals surface area contributed by atoms with Gasteiger partial charge in [0.1, 0.15) is 0 Å². The summed E-state index contributed by atoms with van der Waals surface area (Å²) < 4.78 is 0. The number of nitrogens with one attached hydrogen (secondary N) is 2. The molecular weight excluding hydrogens is 258 g/mol. The maximum absolute atomic E-state index is 11.8. The van der Waals surface area contributed by atoms with Gasteiger partial charge in [0, 0.05) is 23.9 Å². The Balaban J connectivity index is 1.91. The number of thiazole rings is 1. The van der Waals surface area contributed by atoms with E-state index in [0.29, 0.717) is 6.54 Å². The zero-order chi connectivity index (χ0) is 13.9. The molecule has 0 spiro atoms. The number of aromatic nitrogens is 1. The molecule has 1 unspecified atom stereocenters. The molecule has 106 valence electrons. The third-order valence-electron chi connectivity index (χ3n) is 3.26. The fourth-order valence-electron chi connectivity index (χ4n) is 2.09. The first-order valence-electron chi connectivity index (χ1n) is 6.93. The monoisotopic (exact) mass is 281 g/mol. The Morgan fingerprint density at radius 1 is 1.47 bits per heavy atom. The first kappa shape index (κ1) is 14.5. The maximum Gasteiger partial charge on any atom is 0.237 e. The molecule has 2 N–H and O–H groups in total. The van der Waals surface area contributed by atoms with Crippen molar-refractivity contribution in [2.45, 2.75) is 58.0 Å². The van der Waals surface area contributed by atoms with Gasteiger partial charge >= 0.3 is 0 Å². The van der Waals surface area contributed by atoms with E-state index in [-0.39, 0.29) is 17.4 Å². The Labute approximate surface area is 119 Å². The highest BCUT2D eigenvalue weighted by Crippen LogP contribution is 2.25. The maximum atomic E-state index is 11.8. The van der Waals surface area contributed by atoms with Crippen molar-refractivity contribution in [2.75, 3.05) is 6.54 Å². The molecule has 2 rings (SSSR count). The number of carbonyl (C=O) groups is 1. The summed E-state index contributed by atoms with van der Waals surface area (Å²) in [4.78, 5) is 16.4. The van der Waals surface area contributed by atoms with Gasteiger partial charge in [-0.25, -0.2) is 4.98 Å². The minimum atomic E-state index is -0.0673. The van der Waals surface area contributed by atoms with Crippen LogP contribution in [0.25, 0.3) is 0 Å². The van der Waals surface area contributed by atoms with Gasteiger partial charge in [-0.1, -0.05) is 20.8 Å². The highest BCUT2D eigenvalue weighted by molar-refractivity contribution is 7.09. The second kappa shape index (κ2) is 6.01. The van der Waals surface area contributed by atoms with Crippen LogP contribution in [0.4, 0.5) is 0 Å². The van der Waals surface area contributed by atoms with Crippen molar-refractivity contribution in [2.24, 2.45) is 0 Å². The van der Waals surface area contributed by atoms with Crippen molar-refractivity contribution < 1.29 is 4.79 Å². The number of carbonyl (C=O) groups excluding carboxylic acids is 1. The summed E-state index contributed by atoms with van der Waals surface area (Å²) in [5.74, 6) is 0.128. The van der Waals surface area contributed by atoms with Crippen LogP contribution in [0, 0.1) is 0 Å². The van der Waals surface area contributed by atoms with Gasteiger partial charge in [0.05, 0.1) is 16.7 Å². The summed E-state index contributed by atoms with van der Waals surface area (Å²) in [7, 11) is 0. The van der Waals surface area contributed by atoms with Gasteiger partial charge < -0.3 is 10.6 Å². The molecule has 1 saturated heterocycles. The van der Waals surface area contributed by atoms with E-state index >= 15 is 0 Å². The van der Waals surface area contributed by atoms with E-state index in [2.05, 4.69) is 41.8 Å². The summed E-state index contributed by atoms with van der Waals surface area (Å²) in [6.45, 7) is 7.98. The van der Waals surface area contributed by atoms with E-state index < -0.39 is 0 Å². The number of amides is 1. The summed E-state index contributed by atoms with van der Waals surface area (Å²) in [6, 6.07) is -0.0673. The molecule has 1 aliphatic rings. The van der Waals surface area contributed by atoms with Crippen molar-refractivity contribution in [1.29, 1.82) is 0 Å². The van der Waals surface area contributed by atoms with Crippen molar-refractivity contribution in [3.63, 3.8) is 0 Å². The van der Waals surface area contributed by atoms with Crippen LogP contribution < -0.4 is 10.6 Å². The summed E-state index contributed by atoms with van der Waals surface area (Å²) in [5.41, 5.74) is 1.13. The van der Waals surface area contributed by atoms with Gasteiger partial charge in [-0.15, -0.1) is 11.3 Å². The predicted octanol–water partition coefficient (Wildman–Crippen LogP) is 2.20. The van der Waals surface area contributed by atoms with Crippen molar-refractivity contribution in [3.8, 4) is 0 Å². The van der Waals surface area contributed by atoms with Gasteiger partial charge in [0.15, 0.2) is 0 Å². The Morgan fingerprint density at radius 2 is 2.26 bits per heavy atom. The third-order valence-corrected chi connectivity index (χ3v) is 4.58. The molecule has 1 fully saturated rings. The number of nitrogens with zero attached hydrogens (tertiary/aromatic N) is 1. The molecule has 1 aromatic heterocycles. The highest BCUT2D eigenvalue weighted by atomic mass is 32.1. The van der Waals surface area contributed by atoms with Crippen molar-refractivity contribution >= 4 is 17.2 Å². The SMILES string of the molecule is CC(C)(C)c1nc(CNC2CCCCNC2=O)cs1. The number of rotatable bonds is 3. The first-order valence-corrected chi connectivity index (χ1v) is 7.81. The number of hydrogen-bond acceptors (Lipinski definition) is 4. The smallest absolute Gasteiger partial charge is 0.237 e. The van der Waals surface area contributed by atoms with E-state index in [1.54, 1.807) is 11.3 Å². The molecule has 0 aliphatic carbocycles. The Kier molecular flexibility index (Phi) is 4.58. The van der Waals surface area contributed by atoms with Gasteiger partial charge in [0.2, 0.25) is 5.91 Å². The first-order chi connectivity index (χ1) is 8.97. The lowest BCUT2D eigenvalue weighted by atomic mass is 9.98. The van der Waals surface area contributed by atoms with Gasteiger partial charge in [-0.2, -0.15) is 0 Å². The predicted molar refractivity (Wildman–Crippen MR) is 78.3 cm³/mol. The second-order valence-corrected chi connectivity index (χ2v) is 6.97. The topological polar surface area (TPSA) is 54.0 Å². The van der Waals surface area contributed by atoms with Crippen LogP contribution in [0.3, 0.4) is 0 Å². The van der Waals surface area contributed by atoms with E-state index in [0.717, 1.165) is 36.5 Å². The summed E-state index contributed by atoms with van der Waals surface area (Å²) in [6.07, 6.45) is 3.09. The van der Waals surface area contributed by atoms with E-state index in [1.165, 1.54) is 0 Å². The average Bonchev–Trinajstić information content (AvgIpc) is 2.72. The number of hydrogen-bond donors (Lipinski definition) is 2. The Hall–Kier alpha value is -0.940. The molecular formula is C14H23N3OS. The minimum absolute atomic E-state index is 0.0673. The lowest BCUT2D eigenvalue weighted by Crippen LogP contribution is -2.42. The van der Waals surface area contributed by atoms with Crippen LogP contribution in [-0.4, -0.2) is 23.5 Å². The lowest BCUT2D eigenvalue weighted by Gasteiger charge is -2.15. The Morgan fingerprint density at radius 3 is 2.95 bits per heavy atom. The van der Waals surface area contributed by atoms with Crippen LogP contribution in [0.5, 0.6) is 0 Å². The molecule has 1 amide bonds. The second-order valence-electron chi connectivity index (χ2n) is 6.11. The largest absolute Gasteiger partial charge is 0.355 e. The van der Waals surface area contributed by atoms with Crippen molar-refractivity contribution in [3.05, 3.63) is 16.1 Å². The van der Waals surface area contributed by atoms with Gasteiger partial charge in [0.25, 0.3) is 0 Å². The fraction of sp³-hybridized carbons (Fsp3) is 0.714. The zero-order valence-electron chi connectivity index (χ0n) is 12.0. The summed E-state index contributed by atoms with van der Waals surface area (Å²) >= 11 is 1.70.